The second-order valence-corrected chi connectivity index (χ2v) is 7.81. The third kappa shape index (κ3) is 3.86. The van der Waals surface area contributed by atoms with Crippen LogP contribution in [0.15, 0.2) is 45.6 Å². The molecule has 0 saturated carbocycles. The molecule has 31 heavy (non-hydrogen) atoms. The lowest BCUT2D eigenvalue weighted by molar-refractivity contribution is -0.137. The van der Waals surface area contributed by atoms with Gasteiger partial charge in [-0.15, -0.1) is 0 Å². The summed E-state index contributed by atoms with van der Waals surface area (Å²) >= 11 is 0. The minimum Gasteiger partial charge on any atom is -0.507 e. The van der Waals surface area contributed by atoms with E-state index < -0.39 is 34.9 Å². The van der Waals surface area contributed by atoms with Gasteiger partial charge in [-0.2, -0.15) is 13.2 Å². The number of β-amino-alcohol motifs (C(OH)–C–C–N with tert-alkyl or cyclic N) is 1. The van der Waals surface area contributed by atoms with Crippen molar-refractivity contribution in [2.75, 3.05) is 20.1 Å². The highest BCUT2D eigenvalue weighted by molar-refractivity contribution is 5.89. The van der Waals surface area contributed by atoms with Crippen LogP contribution in [0.3, 0.4) is 0 Å². The van der Waals surface area contributed by atoms with Crippen LogP contribution in [-0.2, 0) is 6.18 Å². The molecule has 1 fully saturated rings. The highest BCUT2D eigenvalue weighted by atomic mass is 19.4. The third-order valence-corrected chi connectivity index (χ3v) is 5.65. The van der Waals surface area contributed by atoms with Crippen LogP contribution in [0.25, 0.3) is 22.3 Å². The predicted octanol–water partition coefficient (Wildman–Crippen LogP) is 3.67. The van der Waals surface area contributed by atoms with Crippen molar-refractivity contribution in [3.63, 3.8) is 0 Å². The van der Waals surface area contributed by atoms with Crippen LogP contribution in [0.1, 0.15) is 23.5 Å². The number of phenolic OH excluding ortho intramolecular Hbond substituents is 2. The first-order valence-electron chi connectivity index (χ1n) is 9.63. The third-order valence-electron chi connectivity index (χ3n) is 5.65. The fraction of sp³-hybridized carbons (Fsp3) is 0.318. The van der Waals surface area contributed by atoms with Crippen molar-refractivity contribution in [3.05, 3.63) is 57.7 Å². The standard InChI is InChI=1S/C22H20F3NO5/c1-26-7-6-13(17(30)10-26)19-14(27)8-15(28)20-16(29)9-18(31-21(19)20)11-2-4-12(5-3-11)22(23,24)25/h2-5,8-9,13,17,27-28,30H,6-7,10H2,1H3/t13-,17+/m0/s1. The quantitative estimate of drug-likeness (QED) is 0.569. The number of benzene rings is 2. The highest BCUT2D eigenvalue weighted by Crippen LogP contribution is 2.42. The number of hydrogen-bond donors (Lipinski definition) is 3. The van der Waals surface area contributed by atoms with Crippen LogP contribution < -0.4 is 5.43 Å². The SMILES string of the molecule is CN1CC[C@H](c2c(O)cc(O)c3c(=O)cc(-c4ccc(C(F)(F)F)cc4)oc23)[C@H](O)C1. The van der Waals surface area contributed by atoms with Crippen molar-refractivity contribution in [2.45, 2.75) is 24.6 Å². The van der Waals surface area contributed by atoms with Gasteiger partial charge in [-0.05, 0) is 32.1 Å². The molecular weight excluding hydrogens is 415 g/mol. The molecule has 0 bridgehead atoms. The first-order chi connectivity index (χ1) is 14.6. The largest absolute Gasteiger partial charge is 0.507 e. The number of aromatic hydroxyl groups is 2. The molecule has 0 amide bonds. The lowest BCUT2D eigenvalue weighted by atomic mass is 9.85. The molecule has 0 unspecified atom stereocenters. The van der Waals surface area contributed by atoms with E-state index in [2.05, 4.69) is 0 Å². The summed E-state index contributed by atoms with van der Waals surface area (Å²) in [7, 11) is 1.84. The van der Waals surface area contributed by atoms with Crippen molar-refractivity contribution < 1.29 is 32.9 Å². The Morgan fingerprint density at radius 2 is 1.77 bits per heavy atom. The zero-order valence-corrected chi connectivity index (χ0v) is 16.5. The number of nitrogens with zero attached hydrogens (tertiary/aromatic N) is 1. The van der Waals surface area contributed by atoms with Crippen LogP contribution >= 0.6 is 0 Å². The Balaban J connectivity index is 1.90. The van der Waals surface area contributed by atoms with E-state index in [9.17, 15) is 33.3 Å². The summed E-state index contributed by atoms with van der Waals surface area (Å²) in [5.41, 5.74) is -1.13. The Morgan fingerprint density at radius 1 is 1.10 bits per heavy atom. The van der Waals surface area contributed by atoms with Gasteiger partial charge in [-0.1, -0.05) is 12.1 Å². The topological polar surface area (TPSA) is 94.1 Å². The van der Waals surface area contributed by atoms with Gasteiger partial charge < -0.3 is 24.6 Å². The van der Waals surface area contributed by atoms with Crippen LogP contribution in [0.5, 0.6) is 11.5 Å². The summed E-state index contributed by atoms with van der Waals surface area (Å²) in [6.07, 6.45) is -4.88. The van der Waals surface area contributed by atoms with Crippen LogP contribution in [0, 0.1) is 0 Å². The molecule has 1 saturated heterocycles. The molecule has 1 aliphatic rings. The van der Waals surface area contributed by atoms with E-state index in [0.29, 0.717) is 19.5 Å². The second kappa shape index (κ2) is 7.58. The Kier molecular flexibility index (Phi) is 5.18. The first-order valence-corrected chi connectivity index (χ1v) is 9.63. The van der Waals surface area contributed by atoms with Gasteiger partial charge in [-0.25, -0.2) is 0 Å². The number of likely N-dealkylation sites (tertiary alicyclic amines) is 1. The Bertz CT molecular complexity index is 1190. The number of fused-ring (bicyclic) bond motifs is 1. The van der Waals surface area contributed by atoms with Gasteiger partial charge in [0.2, 0.25) is 0 Å². The minimum absolute atomic E-state index is 0.0140. The summed E-state index contributed by atoms with van der Waals surface area (Å²) in [4.78, 5) is 14.7. The van der Waals surface area contributed by atoms with Gasteiger partial charge in [0, 0.05) is 35.7 Å². The van der Waals surface area contributed by atoms with Gasteiger partial charge in [0.05, 0.1) is 11.7 Å². The molecular formula is C22H20F3NO5. The monoisotopic (exact) mass is 435 g/mol. The summed E-state index contributed by atoms with van der Waals surface area (Å²) in [6, 6.07) is 6.23. The molecule has 2 atom stereocenters. The number of likely N-dealkylation sites (N-methyl/N-ethyl adjacent to an activating group) is 1. The van der Waals surface area contributed by atoms with Gasteiger partial charge in [-0.3, -0.25) is 4.79 Å². The number of phenols is 2. The van der Waals surface area contributed by atoms with Crippen molar-refractivity contribution in [1.82, 2.24) is 4.90 Å². The van der Waals surface area contributed by atoms with E-state index in [0.717, 1.165) is 24.3 Å². The van der Waals surface area contributed by atoms with Crippen molar-refractivity contribution in [2.24, 2.45) is 0 Å². The molecule has 2 aromatic carbocycles. The van der Waals surface area contributed by atoms with E-state index in [4.69, 9.17) is 4.42 Å². The molecule has 0 spiro atoms. The van der Waals surface area contributed by atoms with Gasteiger partial charge in [0.15, 0.2) is 5.43 Å². The average molecular weight is 435 g/mol. The smallest absolute Gasteiger partial charge is 0.416 e. The molecule has 3 N–H and O–H groups in total. The van der Waals surface area contributed by atoms with Crippen LogP contribution in [0.4, 0.5) is 13.2 Å². The minimum atomic E-state index is -4.50. The Morgan fingerprint density at radius 3 is 2.39 bits per heavy atom. The normalized spacial score (nSPS) is 20.3. The second-order valence-electron chi connectivity index (χ2n) is 7.81. The number of aliphatic hydroxyl groups is 1. The summed E-state index contributed by atoms with van der Waals surface area (Å²) in [5.74, 6) is -1.37. The van der Waals surface area contributed by atoms with E-state index >= 15 is 0 Å². The average Bonchev–Trinajstić information content (AvgIpc) is 2.68. The van der Waals surface area contributed by atoms with Gasteiger partial charge >= 0.3 is 6.18 Å². The van der Waals surface area contributed by atoms with E-state index in [-0.39, 0.29) is 33.6 Å². The van der Waals surface area contributed by atoms with Crippen molar-refractivity contribution in [1.29, 1.82) is 0 Å². The zero-order valence-electron chi connectivity index (χ0n) is 16.5. The van der Waals surface area contributed by atoms with E-state index in [1.165, 1.54) is 12.1 Å². The molecule has 0 radical (unpaired) electrons. The molecule has 164 valence electrons. The molecule has 6 nitrogen and oxygen atoms in total. The highest BCUT2D eigenvalue weighted by Gasteiger charge is 2.33. The number of piperidine rings is 1. The summed E-state index contributed by atoms with van der Waals surface area (Å²) in [5, 5.41) is 31.2. The molecule has 2 heterocycles. The molecule has 9 heteroatoms. The predicted molar refractivity (Wildman–Crippen MR) is 107 cm³/mol. The van der Waals surface area contributed by atoms with Gasteiger partial charge in [0.1, 0.15) is 28.2 Å². The zero-order chi connectivity index (χ0) is 22.5. The molecule has 0 aliphatic carbocycles. The molecule has 1 aromatic heterocycles. The van der Waals surface area contributed by atoms with Gasteiger partial charge in [0.25, 0.3) is 0 Å². The number of aliphatic hydroxyl groups excluding tert-OH is 1. The fourth-order valence-electron chi connectivity index (χ4n) is 4.07. The van der Waals surface area contributed by atoms with E-state index in [1.807, 2.05) is 11.9 Å². The summed E-state index contributed by atoms with van der Waals surface area (Å²) in [6.45, 7) is 0.974. The number of halogens is 3. The van der Waals surface area contributed by atoms with Crippen LogP contribution in [-0.4, -0.2) is 46.5 Å². The number of hydrogen-bond acceptors (Lipinski definition) is 6. The maximum atomic E-state index is 12.9. The summed E-state index contributed by atoms with van der Waals surface area (Å²) < 4.78 is 44.4. The molecule has 3 aromatic rings. The lowest BCUT2D eigenvalue weighted by Gasteiger charge is -2.34. The van der Waals surface area contributed by atoms with Crippen molar-refractivity contribution in [3.8, 4) is 22.8 Å². The first kappa shape index (κ1) is 21.2. The van der Waals surface area contributed by atoms with E-state index in [1.54, 1.807) is 0 Å². The van der Waals surface area contributed by atoms with Crippen molar-refractivity contribution >= 4 is 11.0 Å². The number of alkyl halides is 3. The maximum absolute atomic E-state index is 12.9. The lowest BCUT2D eigenvalue weighted by Crippen LogP contribution is -2.40. The molecule has 1 aliphatic heterocycles. The fourth-order valence-corrected chi connectivity index (χ4v) is 4.07. The Hall–Kier alpha value is -3.04. The Labute approximate surface area is 174 Å². The molecule has 4 rings (SSSR count). The number of rotatable bonds is 2. The van der Waals surface area contributed by atoms with Crippen LogP contribution in [0.2, 0.25) is 0 Å². The maximum Gasteiger partial charge on any atom is 0.416 e.